The molecule has 0 bridgehead atoms. The van der Waals surface area contributed by atoms with Crippen molar-refractivity contribution in [3.8, 4) is 0 Å². The van der Waals surface area contributed by atoms with E-state index in [2.05, 4.69) is 5.32 Å². The molecule has 0 aliphatic rings. The van der Waals surface area contributed by atoms with Crippen molar-refractivity contribution in [2.75, 3.05) is 7.11 Å². The average molecular weight is 354 g/mol. The van der Waals surface area contributed by atoms with Crippen LogP contribution >= 0.6 is 22.9 Å². The van der Waals surface area contributed by atoms with Gasteiger partial charge in [0, 0.05) is 10.1 Å². The minimum absolute atomic E-state index is 0.0274. The van der Waals surface area contributed by atoms with Gasteiger partial charge in [-0.05, 0) is 12.0 Å². The second-order valence-electron chi connectivity index (χ2n) is 5.29. The molecule has 0 spiro atoms. The van der Waals surface area contributed by atoms with Gasteiger partial charge < -0.3 is 10.1 Å². The Kier molecular flexibility index (Phi) is 6.02. The Labute approximate surface area is 144 Å². The fraction of sp³-hybridized carbons (Fsp3) is 0.412. The van der Waals surface area contributed by atoms with Crippen molar-refractivity contribution < 1.29 is 14.3 Å². The first-order valence-electron chi connectivity index (χ1n) is 7.59. The third kappa shape index (κ3) is 3.67. The lowest BCUT2D eigenvalue weighted by atomic mass is 9.94. The number of nitrogens with one attached hydrogen (secondary N) is 1. The molecule has 6 heteroatoms. The summed E-state index contributed by atoms with van der Waals surface area (Å²) in [5.74, 6) is -0.734. The van der Waals surface area contributed by atoms with Crippen LogP contribution in [0.4, 0.5) is 0 Å². The monoisotopic (exact) mass is 353 g/mol. The molecule has 0 radical (unpaired) electrons. The van der Waals surface area contributed by atoms with Crippen LogP contribution in [0.15, 0.2) is 24.3 Å². The van der Waals surface area contributed by atoms with Crippen LogP contribution < -0.4 is 5.32 Å². The van der Waals surface area contributed by atoms with E-state index in [0.717, 1.165) is 22.9 Å². The Bertz CT molecular complexity index is 709. The lowest BCUT2D eigenvalue weighted by Gasteiger charge is -2.23. The highest BCUT2D eigenvalue weighted by Gasteiger charge is 2.30. The third-order valence-corrected chi connectivity index (χ3v) is 5.68. The van der Waals surface area contributed by atoms with Gasteiger partial charge in [0.2, 0.25) is 0 Å². The number of halogens is 1. The molecule has 1 aromatic carbocycles. The molecule has 1 unspecified atom stereocenters. The van der Waals surface area contributed by atoms with Crippen molar-refractivity contribution in [1.82, 2.24) is 5.32 Å². The van der Waals surface area contributed by atoms with Gasteiger partial charge >= 0.3 is 5.97 Å². The van der Waals surface area contributed by atoms with E-state index in [4.69, 9.17) is 16.3 Å². The summed E-state index contributed by atoms with van der Waals surface area (Å²) in [5.41, 5.74) is 0. The van der Waals surface area contributed by atoms with Crippen LogP contribution in [0.1, 0.15) is 36.4 Å². The minimum Gasteiger partial charge on any atom is -0.467 e. The number of amides is 1. The maximum absolute atomic E-state index is 12.6. The topological polar surface area (TPSA) is 55.4 Å². The zero-order valence-electron chi connectivity index (χ0n) is 13.4. The molecule has 1 aromatic heterocycles. The number of carbonyl (C=O) groups excluding carboxylic acids is 2. The molecule has 0 saturated carbocycles. The molecular formula is C17H20ClNO3S. The van der Waals surface area contributed by atoms with Crippen molar-refractivity contribution in [2.45, 2.75) is 32.7 Å². The van der Waals surface area contributed by atoms with E-state index < -0.39 is 12.0 Å². The molecule has 1 atom stereocenters. The largest absolute Gasteiger partial charge is 0.467 e. The number of benzene rings is 1. The number of rotatable bonds is 6. The van der Waals surface area contributed by atoms with E-state index in [1.54, 1.807) is 0 Å². The summed E-state index contributed by atoms with van der Waals surface area (Å²) < 4.78 is 5.78. The quantitative estimate of drug-likeness (QED) is 0.789. The molecule has 0 fully saturated rings. The van der Waals surface area contributed by atoms with E-state index >= 15 is 0 Å². The summed E-state index contributed by atoms with van der Waals surface area (Å²) in [6.45, 7) is 3.98. The Balaban J connectivity index is 2.30. The van der Waals surface area contributed by atoms with Crippen LogP contribution in [0, 0.1) is 5.92 Å². The smallest absolute Gasteiger partial charge is 0.328 e. The van der Waals surface area contributed by atoms with Gasteiger partial charge in [0.25, 0.3) is 5.91 Å². The Morgan fingerprint density at radius 2 is 1.91 bits per heavy atom. The standard InChI is InChI=1S/C17H20ClNO3S/c1-4-10(5-2)14(17(21)22-3)19-16(20)15-13(18)11-8-6-7-9-12(11)23-15/h6-10,14H,4-5H2,1-3H3,(H,19,20). The molecule has 2 aromatic rings. The first-order chi connectivity index (χ1) is 11.0. The van der Waals surface area contributed by atoms with Crippen molar-refractivity contribution in [3.05, 3.63) is 34.2 Å². The number of hydrogen-bond donors (Lipinski definition) is 1. The van der Waals surface area contributed by atoms with E-state index in [1.807, 2.05) is 38.1 Å². The van der Waals surface area contributed by atoms with Gasteiger partial charge in [-0.1, -0.05) is 56.5 Å². The highest BCUT2D eigenvalue weighted by atomic mass is 35.5. The molecule has 4 nitrogen and oxygen atoms in total. The summed E-state index contributed by atoms with van der Waals surface area (Å²) in [7, 11) is 1.33. The van der Waals surface area contributed by atoms with E-state index in [-0.39, 0.29) is 11.8 Å². The lowest BCUT2D eigenvalue weighted by molar-refractivity contribution is -0.144. The highest BCUT2D eigenvalue weighted by molar-refractivity contribution is 7.21. The summed E-state index contributed by atoms with van der Waals surface area (Å²) >= 11 is 7.65. The average Bonchev–Trinajstić information content (AvgIpc) is 2.91. The Hall–Kier alpha value is -1.59. The van der Waals surface area contributed by atoms with Crippen LogP contribution in [0.3, 0.4) is 0 Å². The van der Waals surface area contributed by atoms with E-state index in [9.17, 15) is 9.59 Å². The fourth-order valence-electron chi connectivity index (χ4n) is 2.62. The fourth-order valence-corrected chi connectivity index (χ4v) is 4.04. The number of ether oxygens (including phenoxy) is 1. The summed E-state index contributed by atoms with van der Waals surface area (Å²) in [6, 6.07) is 6.91. The van der Waals surface area contributed by atoms with E-state index in [1.165, 1.54) is 18.4 Å². The molecular weight excluding hydrogens is 334 g/mol. The van der Waals surface area contributed by atoms with Crippen LogP contribution in [0.2, 0.25) is 5.02 Å². The lowest BCUT2D eigenvalue weighted by Crippen LogP contribution is -2.46. The molecule has 1 amide bonds. The van der Waals surface area contributed by atoms with Gasteiger partial charge in [-0.25, -0.2) is 4.79 Å². The molecule has 1 heterocycles. The molecule has 0 aliphatic carbocycles. The Morgan fingerprint density at radius 3 is 2.48 bits per heavy atom. The maximum Gasteiger partial charge on any atom is 0.328 e. The predicted octanol–water partition coefficient (Wildman–Crippen LogP) is 4.26. The normalized spacial score (nSPS) is 12.4. The maximum atomic E-state index is 12.6. The molecule has 124 valence electrons. The third-order valence-electron chi connectivity index (χ3n) is 4.00. The zero-order chi connectivity index (χ0) is 17.0. The van der Waals surface area contributed by atoms with Crippen LogP contribution in [0.5, 0.6) is 0 Å². The van der Waals surface area contributed by atoms with Gasteiger partial charge in [0.05, 0.1) is 12.1 Å². The number of methoxy groups -OCH3 is 1. The number of thiophene rings is 1. The van der Waals surface area contributed by atoms with Gasteiger partial charge in [-0.3, -0.25) is 4.79 Å². The minimum atomic E-state index is -0.663. The second-order valence-corrected chi connectivity index (χ2v) is 6.72. The summed E-state index contributed by atoms with van der Waals surface area (Å²) in [5, 5.41) is 4.08. The van der Waals surface area contributed by atoms with Gasteiger partial charge in [-0.2, -0.15) is 0 Å². The first kappa shape index (κ1) is 17.8. The number of carbonyl (C=O) groups is 2. The zero-order valence-corrected chi connectivity index (χ0v) is 15.0. The predicted molar refractivity (Wildman–Crippen MR) is 94.2 cm³/mol. The SMILES string of the molecule is CCC(CC)C(NC(=O)c1sc2ccccc2c1Cl)C(=O)OC. The summed E-state index contributed by atoms with van der Waals surface area (Å²) in [4.78, 5) is 25.1. The van der Waals surface area contributed by atoms with Crippen LogP contribution in [-0.4, -0.2) is 25.0 Å². The first-order valence-corrected chi connectivity index (χ1v) is 8.78. The highest BCUT2D eigenvalue weighted by Crippen LogP contribution is 2.35. The number of esters is 1. The van der Waals surface area contributed by atoms with Crippen molar-refractivity contribution >= 4 is 44.9 Å². The molecule has 0 aliphatic heterocycles. The second kappa shape index (κ2) is 7.79. The summed E-state index contributed by atoms with van der Waals surface area (Å²) in [6.07, 6.45) is 1.55. The van der Waals surface area contributed by atoms with Crippen molar-refractivity contribution in [1.29, 1.82) is 0 Å². The van der Waals surface area contributed by atoms with Crippen LogP contribution in [-0.2, 0) is 9.53 Å². The van der Waals surface area contributed by atoms with Gasteiger partial charge in [-0.15, -0.1) is 11.3 Å². The van der Waals surface area contributed by atoms with E-state index in [0.29, 0.717) is 9.90 Å². The Morgan fingerprint density at radius 1 is 1.26 bits per heavy atom. The number of fused-ring (bicyclic) bond motifs is 1. The van der Waals surface area contributed by atoms with Crippen molar-refractivity contribution in [2.24, 2.45) is 5.92 Å². The molecule has 23 heavy (non-hydrogen) atoms. The van der Waals surface area contributed by atoms with Gasteiger partial charge in [0.1, 0.15) is 10.9 Å². The van der Waals surface area contributed by atoms with Crippen molar-refractivity contribution in [3.63, 3.8) is 0 Å². The van der Waals surface area contributed by atoms with Gasteiger partial charge in [0.15, 0.2) is 0 Å². The van der Waals surface area contributed by atoms with Crippen LogP contribution in [0.25, 0.3) is 10.1 Å². The number of hydrogen-bond acceptors (Lipinski definition) is 4. The molecule has 1 N–H and O–H groups in total. The molecule has 2 rings (SSSR count). The molecule has 0 saturated heterocycles.